The average molecular weight is 400 g/mol. The molecule has 3 aromatic rings. The quantitative estimate of drug-likeness (QED) is 0.666. The molecule has 4 rings (SSSR count). The van der Waals surface area contributed by atoms with Crippen molar-refractivity contribution in [2.75, 3.05) is 25.0 Å². The van der Waals surface area contributed by atoms with Crippen molar-refractivity contribution < 1.29 is 4.79 Å². The second-order valence-corrected chi connectivity index (χ2v) is 8.29. The maximum absolute atomic E-state index is 12.9. The van der Waals surface area contributed by atoms with E-state index in [0.717, 1.165) is 24.3 Å². The van der Waals surface area contributed by atoms with E-state index in [1.54, 1.807) is 17.4 Å². The van der Waals surface area contributed by atoms with E-state index in [-0.39, 0.29) is 11.9 Å². The second-order valence-electron chi connectivity index (χ2n) is 6.97. The van der Waals surface area contributed by atoms with Crippen LogP contribution in [-0.4, -0.2) is 32.1 Å². The maximum Gasteiger partial charge on any atom is 0.253 e. The third kappa shape index (κ3) is 3.55. The van der Waals surface area contributed by atoms with Crippen molar-refractivity contribution in [2.24, 2.45) is 0 Å². The number of nitrogens with zero attached hydrogens (tertiary/aromatic N) is 1. The summed E-state index contributed by atoms with van der Waals surface area (Å²) in [6.45, 7) is 3.93. The van der Waals surface area contributed by atoms with Crippen LogP contribution in [0.15, 0.2) is 47.8 Å². The fourth-order valence-corrected chi connectivity index (χ4v) is 4.61. The number of carbonyl (C=O) groups excluding carboxylic acids is 1. The lowest BCUT2D eigenvalue weighted by atomic mass is 10.1. The zero-order chi connectivity index (χ0) is 19.0. The van der Waals surface area contributed by atoms with Gasteiger partial charge in [0.25, 0.3) is 5.91 Å². The molecule has 0 unspecified atom stereocenters. The fraction of sp³-hybridized carbons (Fsp3) is 0.286. The van der Waals surface area contributed by atoms with Gasteiger partial charge >= 0.3 is 0 Å². The van der Waals surface area contributed by atoms with Gasteiger partial charge in [-0.1, -0.05) is 29.8 Å². The summed E-state index contributed by atoms with van der Waals surface area (Å²) in [6, 6.07) is 14.3. The molecule has 2 heterocycles. The number of anilines is 1. The first kappa shape index (κ1) is 18.3. The Morgan fingerprint density at radius 3 is 2.81 bits per heavy atom. The van der Waals surface area contributed by atoms with E-state index >= 15 is 0 Å². The summed E-state index contributed by atoms with van der Waals surface area (Å²) < 4.78 is 1.23. The highest BCUT2D eigenvalue weighted by molar-refractivity contribution is 7.17. The van der Waals surface area contributed by atoms with Crippen LogP contribution in [-0.2, 0) is 0 Å². The number of fused-ring (bicyclic) bond motifs is 1. The minimum absolute atomic E-state index is 0.0954. The molecule has 2 N–H and O–H groups in total. The topological polar surface area (TPSA) is 44.4 Å². The third-order valence-corrected chi connectivity index (χ3v) is 6.55. The molecule has 1 amide bonds. The number of likely N-dealkylation sites (N-methyl/N-ethyl adjacent to an activating group) is 1. The molecule has 4 nitrogen and oxygen atoms in total. The van der Waals surface area contributed by atoms with Crippen molar-refractivity contribution >= 4 is 44.6 Å². The average Bonchev–Trinajstić information content (AvgIpc) is 3.04. The van der Waals surface area contributed by atoms with Crippen LogP contribution in [0.2, 0.25) is 5.02 Å². The number of hydrogen-bond acceptors (Lipinski definition) is 4. The Morgan fingerprint density at radius 1 is 1.30 bits per heavy atom. The zero-order valence-corrected chi connectivity index (χ0v) is 16.9. The number of halogens is 1. The number of rotatable bonds is 5. The van der Waals surface area contributed by atoms with Gasteiger partial charge in [0.1, 0.15) is 0 Å². The Labute approximate surface area is 168 Å². The van der Waals surface area contributed by atoms with Crippen LogP contribution in [0.3, 0.4) is 0 Å². The smallest absolute Gasteiger partial charge is 0.253 e. The Bertz CT molecular complexity index is 982. The van der Waals surface area contributed by atoms with Crippen molar-refractivity contribution in [3.05, 3.63) is 64.0 Å². The molecule has 140 valence electrons. The summed E-state index contributed by atoms with van der Waals surface area (Å²) in [6.07, 6.45) is 0. The summed E-state index contributed by atoms with van der Waals surface area (Å²) >= 11 is 8.03. The molecule has 0 spiro atoms. The van der Waals surface area contributed by atoms with E-state index in [4.69, 9.17) is 11.6 Å². The Kier molecular flexibility index (Phi) is 5.08. The van der Waals surface area contributed by atoms with Crippen molar-refractivity contribution in [3.63, 3.8) is 0 Å². The van der Waals surface area contributed by atoms with Crippen LogP contribution in [0.25, 0.3) is 10.1 Å². The van der Waals surface area contributed by atoms with Crippen LogP contribution in [0, 0.1) is 0 Å². The summed E-state index contributed by atoms with van der Waals surface area (Å²) in [5, 5.41) is 10.2. The van der Waals surface area contributed by atoms with E-state index < -0.39 is 0 Å². The molecular weight excluding hydrogens is 378 g/mol. The molecule has 2 aromatic carbocycles. The van der Waals surface area contributed by atoms with Gasteiger partial charge in [-0.2, -0.15) is 0 Å². The molecule has 1 atom stereocenters. The first-order valence-corrected chi connectivity index (χ1v) is 10.3. The number of hydrogen-bond donors (Lipinski definition) is 2. The summed E-state index contributed by atoms with van der Waals surface area (Å²) in [5.74, 6) is -0.148. The van der Waals surface area contributed by atoms with Gasteiger partial charge in [0.15, 0.2) is 0 Å². The number of benzene rings is 2. The van der Waals surface area contributed by atoms with Crippen LogP contribution in [0.4, 0.5) is 5.69 Å². The van der Waals surface area contributed by atoms with Gasteiger partial charge in [0.2, 0.25) is 0 Å². The van der Waals surface area contributed by atoms with Gasteiger partial charge in [0, 0.05) is 30.5 Å². The first-order valence-electron chi connectivity index (χ1n) is 9.04. The molecule has 1 fully saturated rings. The van der Waals surface area contributed by atoms with E-state index in [1.165, 1.54) is 10.1 Å². The first-order chi connectivity index (χ1) is 13.0. The predicted octanol–water partition coefficient (Wildman–Crippen LogP) is 4.45. The largest absolute Gasteiger partial charge is 0.369 e. The van der Waals surface area contributed by atoms with Gasteiger partial charge in [0.05, 0.1) is 22.7 Å². The van der Waals surface area contributed by atoms with E-state index in [2.05, 4.69) is 40.1 Å². The van der Waals surface area contributed by atoms with Gasteiger partial charge in [-0.25, -0.2) is 0 Å². The van der Waals surface area contributed by atoms with Crippen LogP contribution in [0.5, 0.6) is 0 Å². The highest BCUT2D eigenvalue weighted by Gasteiger charge is 2.23. The maximum atomic E-state index is 12.9. The Morgan fingerprint density at radius 2 is 2.07 bits per heavy atom. The molecule has 0 aliphatic carbocycles. The van der Waals surface area contributed by atoms with Crippen LogP contribution in [0.1, 0.15) is 28.9 Å². The standard InChI is InChI=1S/C21H22ClN3OS/c1-13(18-12-27-20-6-4-3-5-16(18)20)24-21(26)17-9-14(7-8-19(17)22)25(2)15-10-23-11-15/h3-9,12-13,15,23H,10-11H2,1-2H3,(H,24,26)/t13-/m1/s1. The molecule has 0 saturated carbocycles. The van der Waals surface area contributed by atoms with E-state index in [9.17, 15) is 4.79 Å². The van der Waals surface area contributed by atoms with Crippen LogP contribution >= 0.6 is 22.9 Å². The molecule has 0 radical (unpaired) electrons. The fourth-order valence-electron chi connectivity index (χ4n) is 3.35. The van der Waals surface area contributed by atoms with E-state index in [1.807, 2.05) is 31.2 Å². The SMILES string of the molecule is C[C@@H](NC(=O)c1cc(N(C)C2CNC2)ccc1Cl)c1csc2ccccc12. The molecule has 0 bridgehead atoms. The Balaban J connectivity index is 1.55. The normalized spacial score (nSPS) is 15.4. The third-order valence-electron chi connectivity index (χ3n) is 5.23. The van der Waals surface area contributed by atoms with Crippen LogP contribution < -0.4 is 15.5 Å². The lowest BCUT2D eigenvalue weighted by Crippen LogP contribution is -2.56. The molecule has 1 aliphatic heterocycles. The van der Waals surface area contributed by atoms with E-state index in [0.29, 0.717) is 16.6 Å². The number of amides is 1. The molecule has 1 aliphatic rings. The highest BCUT2D eigenvalue weighted by Crippen LogP contribution is 2.31. The zero-order valence-electron chi connectivity index (χ0n) is 15.3. The molecule has 27 heavy (non-hydrogen) atoms. The van der Waals surface area contributed by atoms with Crippen molar-refractivity contribution in [3.8, 4) is 0 Å². The number of thiophene rings is 1. The molecular formula is C21H22ClN3OS. The van der Waals surface area contributed by atoms with Gasteiger partial charge in [-0.05, 0) is 47.5 Å². The minimum atomic E-state index is -0.148. The Hall–Kier alpha value is -2.08. The molecule has 1 saturated heterocycles. The highest BCUT2D eigenvalue weighted by atomic mass is 35.5. The number of nitrogens with one attached hydrogen (secondary N) is 2. The van der Waals surface area contributed by atoms with Crippen molar-refractivity contribution in [1.82, 2.24) is 10.6 Å². The summed E-state index contributed by atoms with van der Waals surface area (Å²) in [4.78, 5) is 15.1. The van der Waals surface area contributed by atoms with Gasteiger partial charge in [-0.15, -0.1) is 11.3 Å². The van der Waals surface area contributed by atoms with Crippen molar-refractivity contribution in [1.29, 1.82) is 0 Å². The van der Waals surface area contributed by atoms with Gasteiger partial charge < -0.3 is 15.5 Å². The molecule has 6 heteroatoms. The lowest BCUT2D eigenvalue weighted by molar-refractivity contribution is 0.0940. The molecule has 1 aromatic heterocycles. The number of carbonyl (C=O) groups is 1. The monoisotopic (exact) mass is 399 g/mol. The lowest BCUT2D eigenvalue weighted by Gasteiger charge is -2.37. The predicted molar refractivity (Wildman–Crippen MR) is 114 cm³/mol. The van der Waals surface area contributed by atoms with Crippen molar-refractivity contribution in [2.45, 2.75) is 19.0 Å². The second kappa shape index (κ2) is 7.50. The summed E-state index contributed by atoms with van der Waals surface area (Å²) in [7, 11) is 2.05. The van der Waals surface area contributed by atoms with Gasteiger partial charge in [-0.3, -0.25) is 4.79 Å². The minimum Gasteiger partial charge on any atom is -0.369 e. The summed E-state index contributed by atoms with van der Waals surface area (Å²) in [5.41, 5.74) is 2.65.